The van der Waals surface area contributed by atoms with Gasteiger partial charge in [-0.25, -0.2) is 4.98 Å². The second kappa shape index (κ2) is 12.4. The van der Waals surface area contributed by atoms with Crippen molar-refractivity contribution in [2.24, 2.45) is 5.92 Å². The lowest BCUT2D eigenvalue weighted by atomic mass is 9.86. The minimum atomic E-state index is 0.224. The van der Waals surface area contributed by atoms with Gasteiger partial charge < -0.3 is 15.0 Å². The molecule has 1 aromatic carbocycles. The fourth-order valence-electron chi connectivity index (χ4n) is 4.45. The number of pyridine rings is 1. The summed E-state index contributed by atoms with van der Waals surface area (Å²) in [5, 5.41) is 3.61. The summed E-state index contributed by atoms with van der Waals surface area (Å²) < 4.78 is 5.42. The Morgan fingerprint density at radius 1 is 0.939 bits per heavy atom. The van der Waals surface area contributed by atoms with Gasteiger partial charge in [0, 0.05) is 26.2 Å². The molecule has 2 aromatic rings. The zero-order chi connectivity index (χ0) is 23.7. The van der Waals surface area contributed by atoms with Crippen molar-refractivity contribution in [1.29, 1.82) is 0 Å². The zero-order valence-corrected chi connectivity index (χ0v) is 21.4. The largest absolute Gasteiger partial charge is 0.384 e. The molecule has 2 saturated heterocycles. The molecule has 5 heteroatoms. The van der Waals surface area contributed by atoms with E-state index in [9.17, 15) is 0 Å². The predicted octanol–water partition coefficient (Wildman–Crippen LogP) is 5.57. The average Bonchev–Trinajstić information content (AvgIpc) is 2.85. The smallest absolute Gasteiger partial charge is 0.128 e. The Bertz CT molecular complexity index is 799. The molecule has 3 heterocycles. The average molecular weight is 453 g/mol. The summed E-state index contributed by atoms with van der Waals surface area (Å²) in [6, 6.07) is 13.5. The first-order valence-electron chi connectivity index (χ1n) is 12.8. The Labute approximate surface area is 201 Å². The van der Waals surface area contributed by atoms with Crippen molar-refractivity contribution >= 4 is 11.5 Å². The van der Waals surface area contributed by atoms with Crippen LogP contribution < -0.4 is 10.2 Å². The number of hydrogen-bond donors (Lipinski definition) is 1. The third kappa shape index (κ3) is 7.72. The maximum absolute atomic E-state index is 5.42. The molecule has 1 N–H and O–H groups in total. The highest BCUT2D eigenvalue weighted by molar-refractivity contribution is 5.48. The molecule has 0 saturated carbocycles. The van der Waals surface area contributed by atoms with Gasteiger partial charge in [0.1, 0.15) is 5.82 Å². The van der Waals surface area contributed by atoms with E-state index in [1.54, 1.807) is 0 Å². The van der Waals surface area contributed by atoms with Gasteiger partial charge in [-0.3, -0.25) is 4.90 Å². The lowest BCUT2D eigenvalue weighted by molar-refractivity contribution is 0.122. The number of anilines is 2. The quantitative estimate of drug-likeness (QED) is 0.621. The van der Waals surface area contributed by atoms with E-state index < -0.39 is 0 Å². The second-order valence-electron chi connectivity index (χ2n) is 10.1. The standard InChI is InChI=1S/C26H38N4O.C2H6/c1-26(2,3)23-6-4-22(5-7-23)20-29-12-10-21(11-13-29)18-27-24-8-9-25(28-19-24)30-14-16-31-17-15-30;1-2/h4-9,19,21,27H,10-18,20H2,1-3H3;1-2H3. The Kier molecular flexibility index (Phi) is 9.57. The van der Waals surface area contributed by atoms with Crippen LogP contribution in [0.1, 0.15) is 58.6 Å². The van der Waals surface area contributed by atoms with Gasteiger partial charge in [0.05, 0.1) is 25.1 Å². The van der Waals surface area contributed by atoms with Gasteiger partial charge in [-0.1, -0.05) is 58.9 Å². The van der Waals surface area contributed by atoms with Gasteiger partial charge in [0.15, 0.2) is 0 Å². The number of nitrogens with one attached hydrogen (secondary N) is 1. The van der Waals surface area contributed by atoms with E-state index in [-0.39, 0.29) is 5.41 Å². The molecule has 0 spiro atoms. The molecular weight excluding hydrogens is 408 g/mol. The molecule has 0 atom stereocenters. The van der Waals surface area contributed by atoms with Crippen LogP contribution in [0.5, 0.6) is 0 Å². The lowest BCUT2D eigenvalue weighted by Crippen LogP contribution is -2.36. The van der Waals surface area contributed by atoms with Crippen LogP contribution in [0.2, 0.25) is 0 Å². The van der Waals surface area contributed by atoms with Crippen molar-refractivity contribution < 1.29 is 4.74 Å². The first kappa shape index (κ1) is 25.5. The molecule has 4 rings (SSSR count). The Morgan fingerprint density at radius 2 is 1.61 bits per heavy atom. The van der Waals surface area contributed by atoms with Crippen LogP contribution in [0, 0.1) is 5.92 Å². The Morgan fingerprint density at radius 3 is 2.18 bits per heavy atom. The molecule has 0 aliphatic carbocycles. The monoisotopic (exact) mass is 452 g/mol. The van der Waals surface area contributed by atoms with Crippen molar-refractivity contribution in [3.05, 3.63) is 53.7 Å². The number of piperidine rings is 1. The Balaban J connectivity index is 0.00000149. The Hall–Kier alpha value is -2.11. The molecule has 2 fully saturated rings. The number of morpholine rings is 1. The van der Waals surface area contributed by atoms with E-state index >= 15 is 0 Å². The number of ether oxygens (including phenoxy) is 1. The summed E-state index contributed by atoms with van der Waals surface area (Å²) in [7, 11) is 0. The highest BCUT2D eigenvalue weighted by atomic mass is 16.5. The number of benzene rings is 1. The summed E-state index contributed by atoms with van der Waals surface area (Å²) in [4.78, 5) is 9.54. The molecule has 0 unspecified atom stereocenters. The molecule has 33 heavy (non-hydrogen) atoms. The summed E-state index contributed by atoms with van der Waals surface area (Å²) in [5.41, 5.74) is 4.19. The topological polar surface area (TPSA) is 40.6 Å². The molecule has 5 nitrogen and oxygen atoms in total. The molecule has 2 aliphatic heterocycles. The van der Waals surface area contributed by atoms with E-state index in [2.05, 4.69) is 77.3 Å². The number of nitrogens with zero attached hydrogens (tertiary/aromatic N) is 3. The van der Waals surface area contributed by atoms with Crippen molar-refractivity contribution in [3.8, 4) is 0 Å². The van der Waals surface area contributed by atoms with Crippen LogP contribution >= 0.6 is 0 Å². The van der Waals surface area contributed by atoms with Gasteiger partial charge in [0.25, 0.3) is 0 Å². The van der Waals surface area contributed by atoms with Gasteiger partial charge in [-0.15, -0.1) is 0 Å². The fourth-order valence-corrected chi connectivity index (χ4v) is 4.45. The number of rotatable bonds is 6. The maximum atomic E-state index is 5.42. The molecule has 0 radical (unpaired) electrons. The second-order valence-corrected chi connectivity index (χ2v) is 10.1. The van der Waals surface area contributed by atoms with Crippen LogP contribution in [0.25, 0.3) is 0 Å². The summed E-state index contributed by atoms with van der Waals surface area (Å²) >= 11 is 0. The fraction of sp³-hybridized carbons (Fsp3) is 0.607. The van der Waals surface area contributed by atoms with Gasteiger partial charge in [0.2, 0.25) is 0 Å². The summed E-state index contributed by atoms with van der Waals surface area (Å²) in [6.07, 6.45) is 4.49. The van der Waals surface area contributed by atoms with Gasteiger partial charge >= 0.3 is 0 Å². The van der Waals surface area contributed by atoms with E-state index in [4.69, 9.17) is 4.74 Å². The minimum Gasteiger partial charge on any atom is -0.384 e. The lowest BCUT2D eigenvalue weighted by Gasteiger charge is -2.32. The molecule has 182 valence electrons. The molecule has 2 aliphatic rings. The molecular formula is C28H44N4O. The van der Waals surface area contributed by atoms with Crippen molar-refractivity contribution in [2.45, 2.75) is 59.4 Å². The third-order valence-electron chi connectivity index (χ3n) is 6.61. The van der Waals surface area contributed by atoms with E-state index in [1.165, 1.54) is 37.1 Å². The van der Waals surface area contributed by atoms with Crippen LogP contribution in [-0.4, -0.2) is 55.8 Å². The summed E-state index contributed by atoms with van der Waals surface area (Å²) in [6.45, 7) is 18.7. The summed E-state index contributed by atoms with van der Waals surface area (Å²) in [5.74, 6) is 1.79. The number of likely N-dealkylation sites (tertiary alicyclic amines) is 1. The molecule has 1 aromatic heterocycles. The van der Waals surface area contributed by atoms with Crippen molar-refractivity contribution in [3.63, 3.8) is 0 Å². The van der Waals surface area contributed by atoms with Crippen LogP contribution in [0.15, 0.2) is 42.6 Å². The van der Waals surface area contributed by atoms with Crippen LogP contribution in [-0.2, 0) is 16.7 Å². The zero-order valence-electron chi connectivity index (χ0n) is 21.4. The van der Waals surface area contributed by atoms with Crippen LogP contribution in [0.4, 0.5) is 11.5 Å². The number of aromatic nitrogens is 1. The molecule has 0 amide bonds. The predicted molar refractivity (Wildman–Crippen MR) is 140 cm³/mol. The third-order valence-corrected chi connectivity index (χ3v) is 6.61. The van der Waals surface area contributed by atoms with Crippen molar-refractivity contribution in [2.75, 3.05) is 56.2 Å². The number of hydrogen-bond acceptors (Lipinski definition) is 5. The highest BCUT2D eigenvalue weighted by Gasteiger charge is 2.20. The minimum absolute atomic E-state index is 0.224. The SMILES string of the molecule is CC.CC(C)(C)c1ccc(CN2CCC(CNc3ccc(N4CCOCC4)nc3)CC2)cc1. The van der Waals surface area contributed by atoms with E-state index in [0.29, 0.717) is 0 Å². The first-order valence-corrected chi connectivity index (χ1v) is 12.8. The van der Waals surface area contributed by atoms with Gasteiger partial charge in [-0.2, -0.15) is 0 Å². The van der Waals surface area contributed by atoms with Crippen molar-refractivity contribution in [1.82, 2.24) is 9.88 Å². The highest BCUT2D eigenvalue weighted by Crippen LogP contribution is 2.24. The van der Waals surface area contributed by atoms with E-state index in [0.717, 1.165) is 56.8 Å². The van der Waals surface area contributed by atoms with Gasteiger partial charge in [-0.05, 0) is 60.5 Å². The van der Waals surface area contributed by atoms with Crippen LogP contribution in [0.3, 0.4) is 0 Å². The normalized spacial score (nSPS) is 17.9. The van der Waals surface area contributed by atoms with E-state index in [1.807, 2.05) is 20.0 Å². The maximum Gasteiger partial charge on any atom is 0.128 e. The first-order chi connectivity index (χ1) is 16.0. The molecule has 0 bridgehead atoms.